The first-order valence-electron chi connectivity index (χ1n) is 5.94. The summed E-state index contributed by atoms with van der Waals surface area (Å²) in [4.78, 5) is 0. The molecule has 0 atom stereocenters. The SMILES string of the molecule is Nc1ccc(Nc2ccc3c(c2)OCCO3)c(Br)c1. The van der Waals surface area contributed by atoms with E-state index in [2.05, 4.69) is 21.2 Å². The van der Waals surface area contributed by atoms with Gasteiger partial charge in [0.2, 0.25) is 0 Å². The first-order valence-corrected chi connectivity index (χ1v) is 6.73. The second-order valence-electron chi connectivity index (χ2n) is 4.22. The maximum Gasteiger partial charge on any atom is 0.163 e. The molecule has 0 amide bonds. The summed E-state index contributed by atoms with van der Waals surface area (Å²) in [5, 5.41) is 3.31. The molecule has 0 bridgehead atoms. The van der Waals surface area contributed by atoms with Gasteiger partial charge in [-0.2, -0.15) is 0 Å². The van der Waals surface area contributed by atoms with E-state index in [1.54, 1.807) is 0 Å². The molecule has 4 nitrogen and oxygen atoms in total. The van der Waals surface area contributed by atoms with Gasteiger partial charge in [0.05, 0.1) is 5.69 Å². The standard InChI is InChI=1S/C14H13BrN2O2/c15-11-7-9(16)1-3-12(11)17-10-2-4-13-14(8-10)19-6-5-18-13/h1-4,7-8,17H,5-6,16H2. The van der Waals surface area contributed by atoms with Crippen molar-refractivity contribution < 1.29 is 9.47 Å². The number of halogens is 1. The van der Waals surface area contributed by atoms with Gasteiger partial charge in [-0.3, -0.25) is 0 Å². The van der Waals surface area contributed by atoms with Crippen molar-refractivity contribution in [3.63, 3.8) is 0 Å². The van der Waals surface area contributed by atoms with Crippen molar-refractivity contribution in [1.82, 2.24) is 0 Å². The predicted molar refractivity (Wildman–Crippen MR) is 79.3 cm³/mol. The van der Waals surface area contributed by atoms with Crippen molar-refractivity contribution in [2.24, 2.45) is 0 Å². The summed E-state index contributed by atoms with van der Waals surface area (Å²) in [6.07, 6.45) is 0. The van der Waals surface area contributed by atoms with Crippen LogP contribution in [0, 0.1) is 0 Å². The highest BCUT2D eigenvalue weighted by atomic mass is 79.9. The highest BCUT2D eigenvalue weighted by Gasteiger charge is 2.12. The Morgan fingerprint density at radius 3 is 2.58 bits per heavy atom. The van der Waals surface area contributed by atoms with Gasteiger partial charge < -0.3 is 20.5 Å². The minimum atomic E-state index is 0.585. The Bertz CT molecular complexity index is 616. The van der Waals surface area contributed by atoms with Crippen LogP contribution in [0.1, 0.15) is 0 Å². The third kappa shape index (κ3) is 2.61. The fraction of sp³-hybridized carbons (Fsp3) is 0.143. The van der Waals surface area contributed by atoms with Crippen molar-refractivity contribution in [3.8, 4) is 11.5 Å². The molecule has 0 saturated heterocycles. The zero-order chi connectivity index (χ0) is 13.2. The molecule has 0 radical (unpaired) electrons. The fourth-order valence-corrected chi connectivity index (χ4v) is 2.40. The Labute approximate surface area is 119 Å². The Kier molecular flexibility index (Phi) is 3.21. The molecule has 0 unspecified atom stereocenters. The first-order chi connectivity index (χ1) is 9.22. The van der Waals surface area contributed by atoms with Crippen molar-refractivity contribution >= 4 is 33.0 Å². The van der Waals surface area contributed by atoms with E-state index in [0.29, 0.717) is 13.2 Å². The summed E-state index contributed by atoms with van der Waals surface area (Å²) in [7, 11) is 0. The number of benzene rings is 2. The number of nitrogen functional groups attached to an aromatic ring is 1. The lowest BCUT2D eigenvalue weighted by molar-refractivity contribution is 0.171. The van der Waals surface area contributed by atoms with E-state index >= 15 is 0 Å². The first kappa shape index (κ1) is 12.2. The van der Waals surface area contributed by atoms with Gasteiger partial charge in [-0.1, -0.05) is 0 Å². The normalized spacial score (nSPS) is 13.1. The van der Waals surface area contributed by atoms with Crippen molar-refractivity contribution in [2.75, 3.05) is 24.3 Å². The highest BCUT2D eigenvalue weighted by molar-refractivity contribution is 9.10. The van der Waals surface area contributed by atoms with E-state index in [1.165, 1.54) is 0 Å². The molecule has 2 aromatic carbocycles. The maximum atomic E-state index is 5.72. The summed E-state index contributed by atoms with van der Waals surface area (Å²) in [5.74, 6) is 1.55. The molecule has 0 aromatic heterocycles. The molecule has 0 aliphatic carbocycles. The molecular formula is C14H13BrN2O2. The number of ether oxygens (including phenoxy) is 2. The zero-order valence-corrected chi connectivity index (χ0v) is 11.7. The molecule has 3 N–H and O–H groups in total. The number of nitrogens with one attached hydrogen (secondary N) is 1. The lowest BCUT2D eigenvalue weighted by Gasteiger charge is -2.19. The predicted octanol–water partition coefficient (Wildman–Crippen LogP) is 3.55. The molecule has 3 rings (SSSR count). The van der Waals surface area contributed by atoms with Crippen LogP contribution < -0.4 is 20.5 Å². The number of nitrogens with two attached hydrogens (primary N) is 1. The fourth-order valence-electron chi connectivity index (χ4n) is 1.91. The second kappa shape index (κ2) is 5.01. The number of hydrogen-bond donors (Lipinski definition) is 2. The Morgan fingerprint density at radius 2 is 1.79 bits per heavy atom. The Morgan fingerprint density at radius 1 is 1.00 bits per heavy atom. The van der Waals surface area contributed by atoms with Gasteiger partial charge in [-0.25, -0.2) is 0 Å². The summed E-state index contributed by atoms with van der Waals surface area (Å²) in [5.41, 5.74) is 8.33. The van der Waals surface area contributed by atoms with E-state index in [9.17, 15) is 0 Å². The van der Waals surface area contributed by atoms with Gasteiger partial charge in [0.1, 0.15) is 13.2 Å². The van der Waals surface area contributed by atoms with E-state index in [1.807, 2.05) is 36.4 Å². The van der Waals surface area contributed by atoms with Crippen LogP contribution in [-0.2, 0) is 0 Å². The van der Waals surface area contributed by atoms with Gasteiger partial charge in [0, 0.05) is 21.9 Å². The van der Waals surface area contributed by atoms with Crippen LogP contribution in [0.4, 0.5) is 17.1 Å². The van der Waals surface area contributed by atoms with Gasteiger partial charge in [-0.15, -0.1) is 0 Å². The molecule has 5 heteroatoms. The molecule has 19 heavy (non-hydrogen) atoms. The third-order valence-electron chi connectivity index (χ3n) is 2.81. The largest absolute Gasteiger partial charge is 0.486 e. The number of anilines is 3. The average molecular weight is 321 g/mol. The number of fused-ring (bicyclic) bond motifs is 1. The van der Waals surface area contributed by atoms with Crippen molar-refractivity contribution in [1.29, 1.82) is 0 Å². The molecule has 1 aliphatic heterocycles. The number of rotatable bonds is 2. The van der Waals surface area contributed by atoms with E-state index in [0.717, 1.165) is 33.0 Å². The molecule has 98 valence electrons. The summed E-state index contributed by atoms with van der Waals surface area (Å²) in [6, 6.07) is 11.4. The van der Waals surface area contributed by atoms with Crippen LogP contribution in [0.3, 0.4) is 0 Å². The lowest BCUT2D eigenvalue weighted by Crippen LogP contribution is -2.15. The summed E-state index contributed by atoms with van der Waals surface area (Å²) >= 11 is 3.48. The lowest BCUT2D eigenvalue weighted by atomic mass is 10.2. The smallest absolute Gasteiger partial charge is 0.163 e. The number of hydrogen-bond acceptors (Lipinski definition) is 4. The highest BCUT2D eigenvalue weighted by Crippen LogP contribution is 2.35. The zero-order valence-electron chi connectivity index (χ0n) is 10.2. The molecule has 0 fully saturated rings. The van der Waals surface area contributed by atoms with Crippen LogP contribution >= 0.6 is 15.9 Å². The molecule has 2 aromatic rings. The van der Waals surface area contributed by atoms with E-state index < -0.39 is 0 Å². The Hall–Kier alpha value is -1.88. The van der Waals surface area contributed by atoms with Gasteiger partial charge in [-0.05, 0) is 46.3 Å². The monoisotopic (exact) mass is 320 g/mol. The van der Waals surface area contributed by atoms with Gasteiger partial charge in [0.15, 0.2) is 11.5 Å². The molecule has 0 saturated carbocycles. The molecule has 1 aliphatic rings. The van der Waals surface area contributed by atoms with Crippen molar-refractivity contribution in [3.05, 3.63) is 40.9 Å². The molecular weight excluding hydrogens is 308 g/mol. The molecule has 1 heterocycles. The summed E-state index contributed by atoms with van der Waals surface area (Å²) in [6.45, 7) is 1.19. The third-order valence-corrected chi connectivity index (χ3v) is 3.47. The van der Waals surface area contributed by atoms with Crippen LogP contribution in [0.5, 0.6) is 11.5 Å². The minimum Gasteiger partial charge on any atom is -0.486 e. The van der Waals surface area contributed by atoms with Crippen LogP contribution in [0.15, 0.2) is 40.9 Å². The van der Waals surface area contributed by atoms with Crippen LogP contribution in [0.2, 0.25) is 0 Å². The minimum absolute atomic E-state index is 0.585. The van der Waals surface area contributed by atoms with Crippen molar-refractivity contribution in [2.45, 2.75) is 0 Å². The quantitative estimate of drug-likeness (QED) is 0.831. The average Bonchev–Trinajstić information content (AvgIpc) is 2.42. The molecule has 0 spiro atoms. The van der Waals surface area contributed by atoms with E-state index in [-0.39, 0.29) is 0 Å². The van der Waals surface area contributed by atoms with E-state index in [4.69, 9.17) is 15.2 Å². The maximum absolute atomic E-state index is 5.72. The van der Waals surface area contributed by atoms with Gasteiger partial charge in [0.25, 0.3) is 0 Å². The van der Waals surface area contributed by atoms with Crippen LogP contribution in [0.25, 0.3) is 0 Å². The second-order valence-corrected chi connectivity index (χ2v) is 5.08. The topological polar surface area (TPSA) is 56.5 Å². The van der Waals surface area contributed by atoms with Crippen LogP contribution in [-0.4, -0.2) is 13.2 Å². The summed E-state index contributed by atoms with van der Waals surface area (Å²) < 4.78 is 12.0. The van der Waals surface area contributed by atoms with Gasteiger partial charge >= 0.3 is 0 Å². The Balaban J connectivity index is 1.87.